The van der Waals surface area contributed by atoms with Crippen LogP contribution in [-0.2, 0) is 0 Å². The summed E-state index contributed by atoms with van der Waals surface area (Å²) in [6, 6.07) is 12.6. The first-order chi connectivity index (χ1) is 10.5. The zero-order chi connectivity index (χ0) is 16.1. The van der Waals surface area contributed by atoms with Crippen LogP contribution in [0.15, 0.2) is 48.5 Å². The van der Waals surface area contributed by atoms with E-state index in [0.29, 0.717) is 11.4 Å². The molecule has 1 amide bonds. The number of rotatable bonds is 5. The van der Waals surface area contributed by atoms with Crippen LogP contribution in [0.2, 0.25) is 0 Å². The van der Waals surface area contributed by atoms with E-state index in [1.807, 2.05) is 13.8 Å². The van der Waals surface area contributed by atoms with Crippen molar-refractivity contribution in [3.05, 3.63) is 64.2 Å². The second kappa shape index (κ2) is 6.71. The van der Waals surface area contributed by atoms with Crippen molar-refractivity contribution in [1.82, 2.24) is 0 Å². The first kappa shape index (κ1) is 15.5. The van der Waals surface area contributed by atoms with E-state index in [4.69, 9.17) is 4.74 Å². The quantitative estimate of drug-likeness (QED) is 0.675. The van der Waals surface area contributed by atoms with Gasteiger partial charge in [-0.3, -0.25) is 14.9 Å². The van der Waals surface area contributed by atoms with Gasteiger partial charge in [-0.05, 0) is 32.0 Å². The Hall–Kier alpha value is -2.89. The molecule has 0 aliphatic heterocycles. The van der Waals surface area contributed by atoms with Crippen molar-refractivity contribution in [3.8, 4) is 5.75 Å². The molecule has 6 heteroatoms. The van der Waals surface area contributed by atoms with E-state index < -0.39 is 10.8 Å². The summed E-state index contributed by atoms with van der Waals surface area (Å²) in [4.78, 5) is 22.4. The number of non-ortho nitro benzene ring substituents is 1. The summed E-state index contributed by atoms with van der Waals surface area (Å²) in [7, 11) is 0. The number of nitrogens with zero attached hydrogens (tertiary/aromatic N) is 1. The molecular weight excluding hydrogens is 284 g/mol. The molecule has 0 saturated heterocycles. The fourth-order valence-electron chi connectivity index (χ4n) is 1.88. The summed E-state index contributed by atoms with van der Waals surface area (Å²) >= 11 is 0. The van der Waals surface area contributed by atoms with Crippen molar-refractivity contribution in [1.29, 1.82) is 0 Å². The van der Waals surface area contributed by atoms with Crippen molar-refractivity contribution in [2.75, 3.05) is 5.32 Å². The zero-order valence-corrected chi connectivity index (χ0v) is 12.3. The predicted octanol–water partition coefficient (Wildman–Crippen LogP) is 3.63. The second-order valence-electron chi connectivity index (χ2n) is 4.96. The van der Waals surface area contributed by atoms with Crippen molar-refractivity contribution in [2.45, 2.75) is 20.0 Å². The number of nitro benzene ring substituents is 1. The zero-order valence-electron chi connectivity index (χ0n) is 12.3. The minimum atomic E-state index is -0.534. The van der Waals surface area contributed by atoms with Gasteiger partial charge in [-0.15, -0.1) is 0 Å². The van der Waals surface area contributed by atoms with Crippen LogP contribution in [0, 0.1) is 10.1 Å². The molecule has 1 N–H and O–H groups in total. The fourth-order valence-corrected chi connectivity index (χ4v) is 1.88. The van der Waals surface area contributed by atoms with Crippen LogP contribution >= 0.6 is 0 Å². The first-order valence-corrected chi connectivity index (χ1v) is 6.78. The van der Waals surface area contributed by atoms with Crippen LogP contribution in [0.4, 0.5) is 11.4 Å². The van der Waals surface area contributed by atoms with Gasteiger partial charge in [0, 0.05) is 29.4 Å². The van der Waals surface area contributed by atoms with Gasteiger partial charge in [0.15, 0.2) is 0 Å². The summed E-state index contributed by atoms with van der Waals surface area (Å²) in [6.07, 6.45) is 0.0303. The van der Waals surface area contributed by atoms with Crippen LogP contribution < -0.4 is 10.1 Å². The lowest BCUT2D eigenvalue weighted by molar-refractivity contribution is -0.384. The topological polar surface area (TPSA) is 81.5 Å². The van der Waals surface area contributed by atoms with Crippen molar-refractivity contribution in [3.63, 3.8) is 0 Å². The number of anilines is 1. The van der Waals surface area contributed by atoms with Crippen LogP contribution in [0.3, 0.4) is 0 Å². The smallest absolute Gasteiger partial charge is 0.270 e. The molecule has 2 aromatic carbocycles. The number of amides is 1. The average Bonchev–Trinajstić information content (AvgIpc) is 2.47. The number of benzene rings is 2. The number of carbonyl (C=O) groups is 1. The van der Waals surface area contributed by atoms with Gasteiger partial charge in [0.1, 0.15) is 5.75 Å². The van der Waals surface area contributed by atoms with Crippen molar-refractivity contribution < 1.29 is 14.5 Å². The van der Waals surface area contributed by atoms with E-state index in [1.165, 1.54) is 24.3 Å². The number of carbonyl (C=O) groups excluding carboxylic acids is 1. The highest BCUT2D eigenvalue weighted by atomic mass is 16.6. The maximum atomic E-state index is 12.1. The molecule has 0 aromatic heterocycles. The molecule has 114 valence electrons. The molecule has 0 fully saturated rings. The molecule has 22 heavy (non-hydrogen) atoms. The Morgan fingerprint density at radius 1 is 1.18 bits per heavy atom. The van der Waals surface area contributed by atoms with E-state index in [9.17, 15) is 14.9 Å². The SMILES string of the molecule is CC(C)Oc1cccc(NC(=O)c2cccc([N+](=O)[O-])c2)c1. The average molecular weight is 300 g/mol. The Labute approximate surface area is 127 Å². The third-order valence-electron chi connectivity index (χ3n) is 2.78. The van der Waals surface area contributed by atoms with E-state index in [2.05, 4.69) is 5.32 Å². The molecule has 0 unspecified atom stereocenters. The number of hydrogen-bond donors (Lipinski definition) is 1. The lowest BCUT2D eigenvalue weighted by atomic mass is 10.2. The normalized spacial score (nSPS) is 10.3. The fraction of sp³-hybridized carbons (Fsp3) is 0.188. The largest absolute Gasteiger partial charge is 0.491 e. The summed E-state index contributed by atoms with van der Waals surface area (Å²) in [5, 5.41) is 13.4. The van der Waals surface area contributed by atoms with Crippen LogP contribution in [0.25, 0.3) is 0 Å². The molecule has 0 saturated carbocycles. The Balaban J connectivity index is 2.15. The van der Waals surface area contributed by atoms with Gasteiger partial charge < -0.3 is 10.1 Å². The van der Waals surface area contributed by atoms with Crippen molar-refractivity contribution >= 4 is 17.3 Å². The van der Waals surface area contributed by atoms with Gasteiger partial charge in [0.25, 0.3) is 11.6 Å². The molecule has 2 rings (SSSR count). The van der Waals surface area contributed by atoms with E-state index >= 15 is 0 Å². The van der Waals surface area contributed by atoms with Crippen LogP contribution in [0.5, 0.6) is 5.75 Å². The first-order valence-electron chi connectivity index (χ1n) is 6.78. The maximum absolute atomic E-state index is 12.1. The molecule has 0 aliphatic rings. The monoisotopic (exact) mass is 300 g/mol. The highest BCUT2D eigenvalue weighted by Gasteiger charge is 2.12. The van der Waals surface area contributed by atoms with E-state index in [-0.39, 0.29) is 17.4 Å². The Kier molecular flexibility index (Phi) is 4.73. The Morgan fingerprint density at radius 2 is 1.91 bits per heavy atom. The minimum absolute atomic E-state index is 0.0303. The van der Waals surface area contributed by atoms with Crippen LogP contribution in [-0.4, -0.2) is 16.9 Å². The number of ether oxygens (including phenoxy) is 1. The standard InChI is InChI=1S/C16H16N2O4/c1-11(2)22-15-8-4-6-13(10-15)17-16(19)12-5-3-7-14(9-12)18(20)21/h3-11H,1-2H3,(H,17,19). The number of nitrogens with one attached hydrogen (secondary N) is 1. The highest BCUT2D eigenvalue weighted by Crippen LogP contribution is 2.20. The Bertz CT molecular complexity index is 698. The molecule has 2 aromatic rings. The third-order valence-corrected chi connectivity index (χ3v) is 2.78. The molecule has 0 spiro atoms. The van der Waals surface area contributed by atoms with Crippen LogP contribution in [0.1, 0.15) is 24.2 Å². The predicted molar refractivity (Wildman–Crippen MR) is 83.3 cm³/mol. The summed E-state index contributed by atoms with van der Waals surface area (Å²) in [5.41, 5.74) is 0.670. The molecule has 0 radical (unpaired) electrons. The highest BCUT2D eigenvalue weighted by molar-refractivity contribution is 6.04. The lowest BCUT2D eigenvalue weighted by Gasteiger charge is -2.11. The molecular formula is C16H16N2O4. The molecule has 0 heterocycles. The number of nitro groups is 1. The maximum Gasteiger partial charge on any atom is 0.270 e. The summed E-state index contributed by atoms with van der Waals surface area (Å²) in [6.45, 7) is 3.82. The minimum Gasteiger partial charge on any atom is -0.491 e. The van der Waals surface area contributed by atoms with Gasteiger partial charge >= 0.3 is 0 Å². The van der Waals surface area contributed by atoms with Gasteiger partial charge in [-0.1, -0.05) is 12.1 Å². The summed E-state index contributed by atoms with van der Waals surface area (Å²) in [5.74, 6) is 0.234. The second-order valence-corrected chi connectivity index (χ2v) is 4.96. The van der Waals surface area contributed by atoms with Crippen molar-refractivity contribution in [2.24, 2.45) is 0 Å². The number of hydrogen-bond acceptors (Lipinski definition) is 4. The van der Waals surface area contributed by atoms with Gasteiger partial charge in [-0.25, -0.2) is 0 Å². The molecule has 0 bridgehead atoms. The van der Waals surface area contributed by atoms with Gasteiger partial charge in [-0.2, -0.15) is 0 Å². The van der Waals surface area contributed by atoms with E-state index in [1.54, 1.807) is 24.3 Å². The summed E-state index contributed by atoms with van der Waals surface area (Å²) < 4.78 is 5.55. The third kappa shape index (κ3) is 4.05. The molecule has 0 aliphatic carbocycles. The van der Waals surface area contributed by atoms with Gasteiger partial charge in [0.2, 0.25) is 0 Å². The molecule has 0 atom stereocenters. The Morgan fingerprint density at radius 3 is 2.59 bits per heavy atom. The van der Waals surface area contributed by atoms with Gasteiger partial charge in [0.05, 0.1) is 11.0 Å². The lowest BCUT2D eigenvalue weighted by Crippen LogP contribution is -2.12. The molecule has 6 nitrogen and oxygen atoms in total. The van der Waals surface area contributed by atoms with E-state index in [0.717, 1.165) is 0 Å².